The zero-order valence-electron chi connectivity index (χ0n) is 86.9. The molecule has 0 N–H and O–H groups in total. The molecule has 5 heterocycles. The average molecular weight is 1670 g/mol. The van der Waals surface area contributed by atoms with E-state index in [0.717, 1.165) is 61.2 Å². The van der Waals surface area contributed by atoms with Gasteiger partial charge in [0.25, 0.3) is 6.33 Å². The van der Waals surface area contributed by atoms with Crippen molar-refractivity contribution in [2.45, 2.75) is 91.3 Å². The quantitative estimate of drug-likeness (QED) is 0.0560. The van der Waals surface area contributed by atoms with E-state index in [1.54, 1.807) is 39.6 Å². The number of para-hydroxylation sites is 3. The van der Waals surface area contributed by atoms with Crippen molar-refractivity contribution in [1.82, 2.24) is 18.7 Å². The predicted molar refractivity (Wildman–Crippen MR) is 462 cm³/mol. The van der Waals surface area contributed by atoms with Crippen LogP contribution in [-0.4, -0.2) is 26.8 Å². The van der Waals surface area contributed by atoms with Gasteiger partial charge < -0.3 is 18.4 Å². The van der Waals surface area contributed by atoms with Crippen LogP contribution in [-0.2, 0) is 37.3 Å². The van der Waals surface area contributed by atoms with Gasteiger partial charge in [0.2, 0.25) is 0 Å². The molecule has 1 aliphatic carbocycles. The third-order valence-corrected chi connectivity index (χ3v) is 26.6. The van der Waals surface area contributed by atoms with Crippen LogP contribution >= 0.6 is 0 Å². The summed E-state index contributed by atoms with van der Waals surface area (Å²) < 4.78 is 262. The topological polar surface area (TPSA) is 40.8 Å². The number of fused-ring (bicyclic) bond motifs is 14. The summed E-state index contributed by atoms with van der Waals surface area (Å²) in [5.74, 6) is 1.12. The number of hydrogen-bond donors (Lipinski definition) is 0. The van der Waals surface area contributed by atoms with E-state index in [1.165, 1.54) is 24.3 Å². The predicted octanol–water partition coefficient (Wildman–Crippen LogP) is 23.0. The summed E-state index contributed by atoms with van der Waals surface area (Å²) in [7, 11) is -6.65. The average Bonchev–Trinajstić information content (AvgIpc) is 1.31. The molecule has 0 amide bonds. The number of pyridine rings is 1. The van der Waals surface area contributed by atoms with Gasteiger partial charge in [-0.2, -0.15) is 18.2 Å². The van der Waals surface area contributed by atoms with Crippen LogP contribution < -0.4 is 30.1 Å². The Morgan fingerprint density at radius 3 is 1.63 bits per heavy atom. The maximum absolute atomic E-state index is 11.8. The molecule has 112 heavy (non-hydrogen) atoms. The molecule has 0 fully saturated rings. The van der Waals surface area contributed by atoms with Crippen LogP contribution in [0.2, 0.25) is 0 Å². The second kappa shape index (κ2) is 26.9. The molecule has 546 valence electrons. The van der Waals surface area contributed by atoms with Gasteiger partial charge in [0.05, 0.1) is 53.8 Å². The number of hydrogen-bond acceptors (Lipinski definition) is 2. The summed E-state index contributed by atoms with van der Waals surface area (Å²) in [5.41, 5.74) is 6.09. The summed E-state index contributed by atoms with van der Waals surface area (Å²) in [4.78, 5) is 4.93. The monoisotopic (exact) mass is 1670 g/mol. The van der Waals surface area contributed by atoms with Crippen LogP contribution in [0.5, 0.6) is 11.5 Å². The Kier molecular flexibility index (Phi) is 11.5. The number of aryl methyl sites for hydroxylation is 2. The molecule has 1 aliphatic heterocycles. The SMILES string of the molecule is [2H]c1c([2H])c([2H])c([Si](c2c([2H])c([2H])c([2H])c([2H])c2[2H])(c2c([2H])c([2H])c([2H])c([2H])c2[2H])c2c([2H])c([2H])c([2H])c(-c3cc(-c4c(C([2H])([2H])[2H])cccc4C([2H])([2H])[2H])cc4c3-[n+]3[c-]n(-c5[c-]c(Oc6[c-]c7c(cc6)c6ccccc6n7-c6cc(C(C)(C)C)ccn6)ccc5)c5cc(-n6c7ccccc7c7ccccc76)cc(c53)-c3ccccc3-c3cc5c(cc3-4)C(C)(C)CCC5(C)C)c2[2H])c([2H])c1[2H].[Pt]. The van der Waals surface area contributed by atoms with E-state index >= 15 is 0 Å². The fourth-order valence-electron chi connectivity index (χ4n) is 17.0. The van der Waals surface area contributed by atoms with Crippen LogP contribution in [0.1, 0.15) is 123 Å². The maximum atomic E-state index is 11.8. The van der Waals surface area contributed by atoms with Gasteiger partial charge in [-0.1, -0.05) is 272 Å². The molecule has 0 radical (unpaired) electrons. The first-order valence-corrected chi connectivity index (χ1v) is 38.9. The second-order valence-corrected chi connectivity index (χ2v) is 34.5. The largest absolute Gasteiger partial charge is 0.510 e. The smallest absolute Gasteiger partial charge is 0.268 e. The third-order valence-electron chi connectivity index (χ3n) is 22.6. The first-order valence-electron chi connectivity index (χ1n) is 49.4. The van der Waals surface area contributed by atoms with Crippen LogP contribution in [0.25, 0.3) is 133 Å². The van der Waals surface area contributed by atoms with Crippen LogP contribution in [0.3, 0.4) is 0 Å². The summed E-state index contributed by atoms with van der Waals surface area (Å²) in [6.07, 6.45) is 6.97. The molecule has 14 aromatic carbocycles. The van der Waals surface area contributed by atoms with Crippen molar-refractivity contribution in [3.8, 4) is 90.0 Å². The Balaban J connectivity index is 0.0000120. The number of imidazole rings is 1. The molecule has 0 spiro atoms. The molecular weight excluding hydrogens is 1560 g/mol. The van der Waals surface area contributed by atoms with E-state index in [9.17, 15) is 30.2 Å². The van der Waals surface area contributed by atoms with Crippen LogP contribution in [0, 0.1) is 32.2 Å². The van der Waals surface area contributed by atoms with Gasteiger partial charge in [-0.15, -0.1) is 29.7 Å². The van der Waals surface area contributed by atoms with E-state index in [-0.39, 0.29) is 66.0 Å². The summed E-state index contributed by atoms with van der Waals surface area (Å²) >= 11 is 0. The number of benzene rings is 14. The number of aromatic nitrogens is 5. The van der Waals surface area contributed by atoms with Crippen molar-refractivity contribution >= 4 is 83.5 Å². The Hall–Kier alpha value is -12.0. The van der Waals surface area contributed by atoms with E-state index in [0.29, 0.717) is 62.3 Å². The molecule has 8 heteroatoms. The fourth-order valence-corrected chi connectivity index (χ4v) is 20.6. The normalized spacial score (nSPS) is 17.0. The summed E-state index contributed by atoms with van der Waals surface area (Å²) in [5, 5.41) is -0.705. The Labute approximate surface area is 706 Å². The van der Waals surface area contributed by atoms with Gasteiger partial charge in [-0.25, -0.2) is 4.98 Å². The Bertz CT molecular complexity index is 7970. The van der Waals surface area contributed by atoms with E-state index in [2.05, 4.69) is 94.3 Å². The van der Waals surface area contributed by atoms with Gasteiger partial charge in [-0.05, 0) is 219 Å². The van der Waals surface area contributed by atoms with E-state index in [1.807, 2.05) is 127 Å². The van der Waals surface area contributed by atoms with Crippen molar-refractivity contribution in [2.75, 3.05) is 0 Å². The van der Waals surface area contributed by atoms with E-state index in [4.69, 9.17) is 13.8 Å². The third kappa shape index (κ3) is 11.3. The molecule has 4 aromatic heterocycles. The van der Waals surface area contributed by atoms with Gasteiger partial charge in [0, 0.05) is 69.0 Å². The zero-order valence-corrected chi connectivity index (χ0v) is 65.2. The van der Waals surface area contributed by atoms with Crippen molar-refractivity contribution < 1.29 is 64.6 Å². The molecule has 6 nitrogen and oxygen atoms in total. The van der Waals surface area contributed by atoms with Crippen molar-refractivity contribution in [3.05, 3.63) is 361 Å². The van der Waals surface area contributed by atoms with Gasteiger partial charge in [0.1, 0.15) is 5.82 Å². The zero-order chi connectivity index (χ0) is 96.8. The Morgan fingerprint density at radius 1 is 0.473 bits per heavy atom. The minimum Gasteiger partial charge on any atom is -0.510 e. The Morgan fingerprint density at radius 2 is 1.02 bits per heavy atom. The number of rotatable bonds is 11. The molecular formula is C104H83N5OPtSi-2. The molecule has 0 unspecified atom stereocenters. The minimum atomic E-state index is -6.65. The number of ether oxygens (including phenoxy) is 1. The van der Waals surface area contributed by atoms with Gasteiger partial charge in [0.15, 0.2) is 8.07 Å². The maximum Gasteiger partial charge on any atom is 0.268 e. The van der Waals surface area contributed by atoms with Gasteiger partial charge in [-0.3, -0.25) is 4.57 Å². The molecule has 18 aromatic rings. The second-order valence-electron chi connectivity index (χ2n) is 31.0. The van der Waals surface area contributed by atoms with Crippen molar-refractivity contribution in [2.24, 2.45) is 0 Å². The van der Waals surface area contributed by atoms with Crippen LogP contribution in [0.4, 0.5) is 0 Å². The first kappa shape index (κ1) is 47.9. The van der Waals surface area contributed by atoms with Crippen molar-refractivity contribution in [1.29, 1.82) is 0 Å². The summed E-state index contributed by atoms with van der Waals surface area (Å²) in [6.45, 7) is 8.67. The number of nitrogens with zero attached hydrogens (tertiary/aromatic N) is 5. The first-order chi connectivity index (χ1) is 64.3. The molecule has 0 saturated carbocycles. The van der Waals surface area contributed by atoms with Crippen LogP contribution in [0.15, 0.2) is 315 Å². The van der Waals surface area contributed by atoms with E-state index < -0.39 is 190 Å². The van der Waals surface area contributed by atoms with Gasteiger partial charge >= 0.3 is 0 Å². The summed E-state index contributed by atoms with van der Waals surface area (Å²) in [6, 6.07) is 45.0. The molecule has 0 atom stereocenters. The molecule has 0 saturated heterocycles. The molecule has 20 rings (SSSR count). The molecule has 0 bridgehead atoms. The standard InChI is InChI=1S/C104H83N5OSi.Pt/c1-67-30-27-31-68(2)99(67)70-57-86(69-32-28-41-79(56-69)111(76-35-13-10-14-36-76,77-37-15-11-16-38-77)78-39-17-12-18-40-78)100-89(58-70)88-65-92-91(103(6,7)53-54-104(92,8)9)64-87(88)80-42-19-20-43-81(80)90-61-73(108-93-47-24-21-44-82(93)83-45-22-25-48-94(83)108)62-97-101(90)107(100)66-106(97)72-33-29-34-74(60-72)110-75-50-51-85-84-46-23-26-49-95(84)109(96(85)63-75)98-59-71(52-55-105-98)102(3,4)5;/h10-52,55-59,61-62,64-65H,53-54H2,1-9H3;/q-2;/i1D3,2D3,10D,11D,12D,13D,14D,15D,16D,17D,18D,28D,32D,35D,36D,37D,38D,39D,40D,41D,56D;. The molecule has 2 aliphatic rings. The minimum absolute atomic E-state index is 0. The fraction of sp³-hybridized carbons (Fsp3) is 0.135. The van der Waals surface area contributed by atoms with Crippen molar-refractivity contribution in [3.63, 3.8) is 0 Å².